The topological polar surface area (TPSA) is 59.1 Å². The lowest BCUT2D eigenvalue weighted by atomic mass is 10.0. The van der Waals surface area contributed by atoms with Crippen LogP contribution in [0.1, 0.15) is 43.7 Å². The summed E-state index contributed by atoms with van der Waals surface area (Å²) in [7, 11) is -0.204. The summed E-state index contributed by atoms with van der Waals surface area (Å²) in [5.74, 6) is 1.39. The molecule has 1 aromatic rings. The van der Waals surface area contributed by atoms with Crippen molar-refractivity contribution in [2.45, 2.75) is 38.1 Å². The Balaban J connectivity index is 1.90. The molecule has 0 radical (unpaired) electrons. The predicted octanol–water partition coefficient (Wildman–Crippen LogP) is 2.57. The van der Waals surface area contributed by atoms with Crippen LogP contribution in [0.15, 0.2) is 18.2 Å². The molecule has 0 N–H and O–H groups in total. The van der Waals surface area contributed by atoms with Crippen LogP contribution in [-0.2, 0) is 10.2 Å². The van der Waals surface area contributed by atoms with Crippen LogP contribution < -0.4 is 9.47 Å². The standard InChI is InChI=1S/C17H26N2O4S/c1-22-14-8-9-15(17(13-14)23-2)16-7-6-12-19(16)24(20,21)18-10-4-3-5-11-18/h8-9,13,16H,3-7,10-12H2,1-2H3/t16-/m0/s1. The van der Waals surface area contributed by atoms with E-state index in [9.17, 15) is 8.42 Å². The van der Waals surface area contributed by atoms with E-state index in [-0.39, 0.29) is 6.04 Å². The van der Waals surface area contributed by atoms with Gasteiger partial charge in [0.15, 0.2) is 0 Å². The number of rotatable bonds is 5. The summed E-state index contributed by atoms with van der Waals surface area (Å²) in [5, 5.41) is 0. The van der Waals surface area contributed by atoms with Crippen LogP contribution in [0.5, 0.6) is 11.5 Å². The molecule has 6 nitrogen and oxygen atoms in total. The highest BCUT2D eigenvalue weighted by atomic mass is 32.2. The third-order valence-electron chi connectivity index (χ3n) is 4.94. The highest BCUT2D eigenvalue weighted by Gasteiger charge is 2.40. The Labute approximate surface area is 144 Å². The summed E-state index contributed by atoms with van der Waals surface area (Å²) in [5.41, 5.74) is 0.913. The van der Waals surface area contributed by atoms with Crippen molar-refractivity contribution in [2.75, 3.05) is 33.9 Å². The molecule has 0 amide bonds. The van der Waals surface area contributed by atoms with Gasteiger partial charge in [-0.15, -0.1) is 0 Å². The van der Waals surface area contributed by atoms with Crippen molar-refractivity contribution in [3.63, 3.8) is 0 Å². The van der Waals surface area contributed by atoms with Gasteiger partial charge < -0.3 is 9.47 Å². The number of hydrogen-bond acceptors (Lipinski definition) is 4. The van der Waals surface area contributed by atoms with Gasteiger partial charge in [-0.3, -0.25) is 0 Å². The average molecular weight is 354 g/mol. The summed E-state index contributed by atoms with van der Waals surface area (Å²) >= 11 is 0. The third-order valence-corrected chi connectivity index (χ3v) is 6.99. The van der Waals surface area contributed by atoms with Gasteiger partial charge in [0, 0.05) is 31.3 Å². The molecule has 3 rings (SSSR count). The first kappa shape index (κ1) is 17.5. The Bertz CT molecular complexity index is 671. The Morgan fingerprint density at radius 3 is 2.42 bits per heavy atom. The van der Waals surface area contributed by atoms with E-state index in [1.807, 2.05) is 18.2 Å². The van der Waals surface area contributed by atoms with Crippen LogP contribution in [0.4, 0.5) is 0 Å². The van der Waals surface area contributed by atoms with Crippen molar-refractivity contribution < 1.29 is 17.9 Å². The number of methoxy groups -OCH3 is 2. The highest BCUT2D eigenvalue weighted by Crippen LogP contribution is 2.41. The lowest BCUT2D eigenvalue weighted by Crippen LogP contribution is -2.45. The summed E-state index contributed by atoms with van der Waals surface area (Å²) in [4.78, 5) is 0. The smallest absolute Gasteiger partial charge is 0.282 e. The molecular formula is C17H26N2O4S. The van der Waals surface area contributed by atoms with E-state index in [0.717, 1.165) is 37.7 Å². The minimum absolute atomic E-state index is 0.169. The quantitative estimate of drug-likeness (QED) is 0.815. The van der Waals surface area contributed by atoms with E-state index in [1.54, 1.807) is 22.8 Å². The fourth-order valence-corrected chi connectivity index (χ4v) is 5.58. The molecule has 2 saturated heterocycles. The third kappa shape index (κ3) is 3.25. The Hall–Kier alpha value is -1.31. The minimum Gasteiger partial charge on any atom is -0.497 e. The molecule has 1 atom stereocenters. The van der Waals surface area contributed by atoms with Crippen LogP contribution >= 0.6 is 0 Å². The molecule has 0 unspecified atom stereocenters. The largest absolute Gasteiger partial charge is 0.497 e. The number of ether oxygens (including phenoxy) is 2. The SMILES string of the molecule is COc1ccc([C@@H]2CCCN2S(=O)(=O)N2CCCCC2)c(OC)c1. The van der Waals surface area contributed by atoms with E-state index in [4.69, 9.17) is 9.47 Å². The van der Waals surface area contributed by atoms with Crippen LogP contribution in [0.2, 0.25) is 0 Å². The van der Waals surface area contributed by atoms with Crippen LogP contribution in [0, 0.1) is 0 Å². The molecule has 2 heterocycles. The highest BCUT2D eigenvalue weighted by molar-refractivity contribution is 7.86. The number of nitrogens with zero attached hydrogens (tertiary/aromatic N) is 2. The van der Waals surface area contributed by atoms with Gasteiger partial charge >= 0.3 is 0 Å². The zero-order valence-electron chi connectivity index (χ0n) is 14.4. The lowest BCUT2D eigenvalue weighted by molar-refractivity contribution is 0.293. The van der Waals surface area contributed by atoms with Gasteiger partial charge in [0.1, 0.15) is 11.5 Å². The van der Waals surface area contributed by atoms with E-state index < -0.39 is 10.2 Å². The van der Waals surface area contributed by atoms with Crippen molar-refractivity contribution in [1.82, 2.24) is 8.61 Å². The minimum atomic E-state index is -3.42. The lowest BCUT2D eigenvalue weighted by Gasteiger charge is -2.33. The fraction of sp³-hybridized carbons (Fsp3) is 0.647. The molecular weight excluding hydrogens is 328 g/mol. The average Bonchev–Trinajstić information content (AvgIpc) is 3.12. The molecule has 2 aliphatic heterocycles. The molecule has 2 fully saturated rings. The molecule has 2 aliphatic rings. The maximum atomic E-state index is 13.1. The van der Waals surface area contributed by atoms with E-state index >= 15 is 0 Å². The molecule has 0 aliphatic carbocycles. The Morgan fingerprint density at radius 1 is 1.00 bits per heavy atom. The van der Waals surface area contributed by atoms with E-state index in [2.05, 4.69) is 0 Å². The van der Waals surface area contributed by atoms with Gasteiger partial charge in [-0.25, -0.2) is 0 Å². The molecule has 24 heavy (non-hydrogen) atoms. The first-order valence-corrected chi connectivity index (χ1v) is 9.96. The molecule has 1 aromatic carbocycles. The fourth-order valence-electron chi connectivity index (χ4n) is 3.66. The molecule has 0 spiro atoms. The zero-order chi connectivity index (χ0) is 17.2. The zero-order valence-corrected chi connectivity index (χ0v) is 15.2. The predicted molar refractivity (Wildman–Crippen MR) is 92.6 cm³/mol. The molecule has 7 heteroatoms. The maximum Gasteiger partial charge on any atom is 0.282 e. The van der Waals surface area contributed by atoms with Crippen LogP contribution in [-0.4, -0.2) is 50.9 Å². The van der Waals surface area contributed by atoms with Gasteiger partial charge in [-0.05, 0) is 31.7 Å². The van der Waals surface area contributed by atoms with E-state index in [1.165, 1.54) is 0 Å². The number of hydrogen-bond donors (Lipinski definition) is 0. The summed E-state index contributed by atoms with van der Waals surface area (Å²) in [6.07, 6.45) is 4.69. The molecule has 0 bridgehead atoms. The van der Waals surface area contributed by atoms with Gasteiger partial charge in [0.25, 0.3) is 10.2 Å². The Kier molecular flexibility index (Phi) is 5.32. The van der Waals surface area contributed by atoms with Gasteiger partial charge in [-0.2, -0.15) is 17.0 Å². The summed E-state index contributed by atoms with van der Waals surface area (Å²) in [6.45, 7) is 1.83. The maximum absolute atomic E-state index is 13.1. The van der Waals surface area contributed by atoms with Crippen molar-refractivity contribution in [3.05, 3.63) is 23.8 Å². The monoisotopic (exact) mass is 354 g/mol. The van der Waals surface area contributed by atoms with Crippen molar-refractivity contribution in [1.29, 1.82) is 0 Å². The Morgan fingerprint density at radius 2 is 1.75 bits per heavy atom. The van der Waals surface area contributed by atoms with E-state index in [0.29, 0.717) is 31.1 Å². The van der Waals surface area contributed by atoms with Crippen LogP contribution in [0.25, 0.3) is 0 Å². The van der Waals surface area contributed by atoms with Gasteiger partial charge in [0.2, 0.25) is 0 Å². The van der Waals surface area contributed by atoms with Crippen molar-refractivity contribution in [3.8, 4) is 11.5 Å². The number of piperidine rings is 1. The summed E-state index contributed by atoms with van der Waals surface area (Å²) < 4.78 is 40.2. The molecule has 134 valence electrons. The second-order valence-corrected chi connectivity index (χ2v) is 8.23. The first-order chi connectivity index (χ1) is 11.6. The van der Waals surface area contributed by atoms with Gasteiger partial charge in [-0.1, -0.05) is 12.5 Å². The molecule has 0 saturated carbocycles. The summed E-state index contributed by atoms with van der Waals surface area (Å²) in [6, 6.07) is 5.44. The van der Waals surface area contributed by atoms with Crippen molar-refractivity contribution >= 4 is 10.2 Å². The number of benzene rings is 1. The van der Waals surface area contributed by atoms with Crippen LogP contribution in [0.3, 0.4) is 0 Å². The normalized spacial score (nSPS) is 23.3. The second kappa shape index (κ2) is 7.29. The van der Waals surface area contributed by atoms with Crippen molar-refractivity contribution in [2.24, 2.45) is 0 Å². The van der Waals surface area contributed by atoms with Gasteiger partial charge in [0.05, 0.1) is 20.3 Å². The first-order valence-electron chi connectivity index (χ1n) is 8.57. The second-order valence-electron chi connectivity index (χ2n) is 6.34. The molecule has 0 aromatic heterocycles.